The van der Waals surface area contributed by atoms with E-state index in [4.69, 9.17) is 28.4 Å². The van der Waals surface area contributed by atoms with Crippen LogP contribution in [-0.2, 0) is 31.1 Å². The van der Waals surface area contributed by atoms with E-state index in [0.29, 0.717) is 13.2 Å². The Kier molecular flexibility index (Phi) is 14.5. The molecule has 2 aliphatic rings. The molecule has 2 unspecified atom stereocenters. The Bertz CT molecular complexity index is 2070. The Morgan fingerprint density at radius 1 is 0.468 bits per heavy atom. The Hall–Kier alpha value is -3.34. The van der Waals surface area contributed by atoms with E-state index in [0.717, 1.165) is 58.5 Å². The summed E-state index contributed by atoms with van der Waals surface area (Å²) < 4.78 is 36.3. The highest BCUT2D eigenvalue weighted by molar-refractivity contribution is 7.99. The number of rotatable bonds is 16. The lowest BCUT2D eigenvalue weighted by molar-refractivity contribution is 0.0612. The molecule has 62 heavy (non-hydrogen) atoms. The van der Waals surface area contributed by atoms with Crippen molar-refractivity contribution in [3.63, 3.8) is 0 Å². The minimum Gasteiger partial charge on any atom is -0.490 e. The van der Waals surface area contributed by atoms with E-state index in [9.17, 15) is 5.11 Å². The summed E-state index contributed by atoms with van der Waals surface area (Å²) in [6, 6.07) is 17.7. The van der Waals surface area contributed by atoms with Crippen LogP contribution >= 0.6 is 23.5 Å². The summed E-state index contributed by atoms with van der Waals surface area (Å²) in [5.41, 5.74) is 8.59. The highest BCUT2D eigenvalue weighted by Crippen LogP contribution is 2.45. The van der Waals surface area contributed by atoms with Gasteiger partial charge in [0, 0.05) is 41.8 Å². The third kappa shape index (κ3) is 12.5. The molecule has 0 saturated carbocycles. The van der Waals surface area contributed by atoms with E-state index in [2.05, 4.69) is 159 Å². The van der Waals surface area contributed by atoms with Crippen LogP contribution in [0.4, 0.5) is 0 Å². The normalized spacial score (nSPS) is 17.2. The molecule has 338 valence electrons. The van der Waals surface area contributed by atoms with Gasteiger partial charge in [0.15, 0.2) is 0 Å². The van der Waals surface area contributed by atoms with E-state index >= 15 is 0 Å². The zero-order chi connectivity index (χ0) is 45.5. The average Bonchev–Trinajstić information content (AvgIpc) is 4.09. The van der Waals surface area contributed by atoms with Gasteiger partial charge in [-0.1, -0.05) is 107 Å². The second-order valence-corrected chi connectivity index (χ2v) is 23.6. The first-order chi connectivity index (χ1) is 28.8. The molecule has 2 fully saturated rings. The smallest absolute Gasteiger partial charge is 0.123 e. The van der Waals surface area contributed by atoms with Gasteiger partial charge in [0.05, 0.1) is 13.2 Å². The summed E-state index contributed by atoms with van der Waals surface area (Å²) >= 11 is 3.57. The lowest BCUT2D eigenvalue weighted by Gasteiger charge is -2.27. The molecule has 2 saturated heterocycles. The minimum absolute atomic E-state index is 0.0860. The Morgan fingerprint density at radius 3 is 0.935 bits per heavy atom. The van der Waals surface area contributed by atoms with Crippen molar-refractivity contribution in [2.45, 2.75) is 170 Å². The monoisotopic (exact) mass is 884 g/mol. The van der Waals surface area contributed by atoms with Crippen molar-refractivity contribution in [2.24, 2.45) is 0 Å². The topological polar surface area (TPSA) is 82.2 Å². The zero-order valence-corrected chi connectivity index (χ0v) is 41.9. The lowest BCUT2D eigenvalue weighted by Crippen LogP contribution is -2.27. The molecule has 9 heteroatoms. The molecule has 0 amide bonds. The highest BCUT2D eigenvalue weighted by Gasteiger charge is 2.30. The lowest BCUT2D eigenvalue weighted by atomic mass is 9.85. The summed E-state index contributed by atoms with van der Waals surface area (Å²) in [4.78, 5) is 4.76. The maximum Gasteiger partial charge on any atom is 0.123 e. The molecule has 2 aliphatic heterocycles. The van der Waals surface area contributed by atoms with Gasteiger partial charge in [-0.25, -0.2) is 0 Å². The van der Waals surface area contributed by atoms with Crippen molar-refractivity contribution in [2.75, 3.05) is 39.6 Å². The van der Waals surface area contributed by atoms with Gasteiger partial charge in [0.25, 0.3) is 0 Å². The zero-order valence-electron chi connectivity index (χ0n) is 40.3. The number of benzene rings is 4. The summed E-state index contributed by atoms with van der Waals surface area (Å²) in [5, 5.41) is 11.3. The Morgan fingerprint density at radius 2 is 0.710 bits per heavy atom. The van der Waals surface area contributed by atoms with E-state index in [1.54, 1.807) is 23.5 Å². The van der Waals surface area contributed by atoms with E-state index < -0.39 is 6.10 Å². The van der Waals surface area contributed by atoms with Crippen molar-refractivity contribution >= 4 is 23.5 Å². The molecule has 0 aliphatic carbocycles. The molecule has 4 aromatic carbocycles. The predicted octanol–water partition coefficient (Wildman–Crippen LogP) is 12.8. The molecule has 0 radical (unpaired) electrons. The maximum atomic E-state index is 11.3. The van der Waals surface area contributed by atoms with Crippen LogP contribution in [0, 0.1) is 27.7 Å². The van der Waals surface area contributed by atoms with Crippen LogP contribution in [0.25, 0.3) is 0 Å². The van der Waals surface area contributed by atoms with Gasteiger partial charge in [-0.15, -0.1) is 0 Å². The average molecular weight is 885 g/mol. The number of epoxide rings is 2. The molecular weight excluding hydrogens is 813 g/mol. The molecular formula is C53H72O7S2. The fourth-order valence-electron chi connectivity index (χ4n) is 7.26. The van der Waals surface area contributed by atoms with Crippen LogP contribution in [0.3, 0.4) is 0 Å². The summed E-state index contributed by atoms with van der Waals surface area (Å²) in [6.45, 7) is 38.1. The first-order valence-corrected chi connectivity index (χ1v) is 23.8. The van der Waals surface area contributed by atoms with Crippen LogP contribution in [0.15, 0.2) is 68.1 Å². The van der Waals surface area contributed by atoms with Gasteiger partial charge in [-0.2, -0.15) is 0 Å². The highest BCUT2D eigenvalue weighted by atomic mass is 32.2. The summed E-state index contributed by atoms with van der Waals surface area (Å²) in [5.74, 6) is 3.43. The van der Waals surface area contributed by atoms with Gasteiger partial charge in [0.2, 0.25) is 0 Å². The first-order valence-electron chi connectivity index (χ1n) is 22.2. The number of aliphatic hydroxyl groups is 1. The van der Waals surface area contributed by atoms with Gasteiger partial charge < -0.3 is 33.5 Å². The van der Waals surface area contributed by atoms with Gasteiger partial charge in [-0.05, 0) is 120 Å². The quantitative estimate of drug-likeness (QED) is 0.111. The van der Waals surface area contributed by atoms with Crippen molar-refractivity contribution in [3.05, 3.63) is 93.0 Å². The largest absolute Gasteiger partial charge is 0.490 e. The molecule has 7 nitrogen and oxygen atoms in total. The minimum atomic E-state index is -0.837. The molecule has 6 rings (SSSR count). The fourth-order valence-corrected chi connectivity index (χ4v) is 9.32. The number of ether oxygens (including phenoxy) is 6. The molecule has 2 heterocycles. The Labute approximate surface area is 381 Å². The first kappa shape index (κ1) is 48.1. The van der Waals surface area contributed by atoms with Crippen LogP contribution < -0.4 is 18.9 Å². The van der Waals surface area contributed by atoms with Crippen molar-refractivity contribution < 1.29 is 33.5 Å². The van der Waals surface area contributed by atoms with E-state index in [1.807, 2.05) is 0 Å². The van der Waals surface area contributed by atoms with E-state index in [1.165, 1.54) is 41.8 Å². The SMILES string of the molecule is Cc1cc(OCC(O)COc2cc(C)c(Sc3cc(C(C)(C)C)c(OCC4CO4)cc3C)cc2C(C)(C)C)c(C(C)(C)C)cc1Sc1cc(C(C)(C)C)c(OCC2CO2)cc1C. The predicted molar refractivity (Wildman–Crippen MR) is 255 cm³/mol. The van der Waals surface area contributed by atoms with Crippen molar-refractivity contribution in [1.29, 1.82) is 0 Å². The second kappa shape index (κ2) is 18.6. The number of aryl methyl sites for hydroxylation is 4. The van der Waals surface area contributed by atoms with Crippen molar-refractivity contribution in [3.8, 4) is 23.0 Å². The number of hydrogen-bond acceptors (Lipinski definition) is 9. The molecule has 4 aromatic rings. The number of hydrogen-bond donors (Lipinski definition) is 1. The molecule has 2 atom stereocenters. The van der Waals surface area contributed by atoms with Crippen LogP contribution in [-0.4, -0.2) is 63.1 Å². The van der Waals surface area contributed by atoms with E-state index in [-0.39, 0.29) is 47.1 Å². The molecule has 0 bridgehead atoms. The van der Waals surface area contributed by atoms with Crippen LogP contribution in [0.1, 0.15) is 128 Å². The summed E-state index contributed by atoms with van der Waals surface area (Å²) in [7, 11) is 0. The summed E-state index contributed by atoms with van der Waals surface area (Å²) in [6.07, 6.45) is -0.432. The molecule has 0 spiro atoms. The Balaban J connectivity index is 1.16. The molecule has 0 aromatic heterocycles. The van der Waals surface area contributed by atoms with Gasteiger partial charge >= 0.3 is 0 Å². The molecule has 1 N–H and O–H groups in total. The van der Waals surface area contributed by atoms with Gasteiger partial charge in [-0.3, -0.25) is 0 Å². The van der Waals surface area contributed by atoms with Crippen LogP contribution in [0.2, 0.25) is 0 Å². The standard InChI is InChI=1S/C53H72O7S2/c1-31-17-42(38(50(5,6)7)21-46(31)61-48-23-40(52(11,12)13)44(19-33(48)3)59-29-36-27-55-36)57-25-35(54)26-58-43-18-32(2)47(22-39(43)51(8,9)10)62-49-24-41(53(14,15)16)45(20-34(49)4)60-30-37-28-56-37/h17-24,35-37,54H,25-30H2,1-16H3. The fraction of sp³-hybridized carbons (Fsp3) is 0.547. The van der Waals surface area contributed by atoms with Crippen molar-refractivity contribution in [1.82, 2.24) is 0 Å². The third-order valence-electron chi connectivity index (χ3n) is 11.3. The second-order valence-electron chi connectivity index (χ2n) is 21.5. The third-order valence-corrected chi connectivity index (χ3v) is 13.9. The van der Waals surface area contributed by atoms with Crippen LogP contribution in [0.5, 0.6) is 23.0 Å². The maximum absolute atomic E-state index is 11.3. The number of aliphatic hydroxyl groups excluding tert-OH is 1. The van der Waals surface area contributed by atoms with Gasteiger partial charge in [0.1, 0.15) is 67.7 Å².